The molecule has 1 unspecified atom stereocenters. The van der Waals surface area contributed by atoms with Gasteiger partial charge >= 0.3 is 5.97 Å². The van der Waals surface area contributed by atoms with Gasteiger partial charge in [-0.1, -0.05) is 30.7 Å². The highest BCUT2D eigenvalue weighted by atomic mass is 35.5. The number of esters is 1. The van der Waals surface area contributed by atoms with Crippen LogP contribution in [0.15, 0.2) is 36.4 Å². The van der Waals surface area contributed by atoms with E-state index in [2.05, 4.69) is 5.32 Å². The third kappa shape index (κ3) is 5.62. The number of nitrogens with one attached hydrogen (secondary N) is 1. The molecule has 0 heterocycles. The molecule has 152 valence electrons. The Kier molecular flexibility index (Phi) is 7.87. The zero-order valence-electron chi connectivity index (χ0n) is 16.3. The number of nitrogens with zero attached hydrogens (tertiary/aromatic N) is 1. The quantitative estimate of drug-likeness (QED) is 0.648. The van der Waals surface area contributed by atoms with Gasteiger partial charge in [0.15, 0.2) is 17.6 Å². The minimum atomic E-state index is -1.10. The number of anilines is 1. The molecule has 7 nitrogen and oxygen atoms in total. The van der Waals surface area contributed by atoms with E-state index in [1.54, 1.807) is 24.3 Å². The van der Waals surface area contributed by atoms with Gasteiger partial charge in [0.25, 0.3) is 5.91 Å². The van der Waals surface area contributed by atoms with Crippen LogP contribution in [0.3, 0.4) is 0 Å². The predicted molar refractivity (Wildman–Crippen MR) is 108 cm³/mol. The fraction of sp³-hybridized carbons (Fsp3) is 0.286. The van der Waals surface area contributed by atoms with Gasteiger partial charge in [-0.25, -0.2) is 4.79 Å². The lowest BCUT2D eigenvalue weighted by atomic mass is 10.2. The first-order chi connectivity index (χ1) is 13.9. The van der Waals surface area contributed by atoms with E-state index in [1.165, 1.54) is 26.2 Å². The van der Waals surface area contributed by atoms with E-state index in [1.807, 2.05) is 13.0 Å². The summed E-state index contributed by atoms with van der Waals surface area (Å²) in [5, 5.41) is 11.9. The number of halogens is 1. The van der Waals surface area contributed by atoms with Crippen molar-refractivity contribution in [2.75, 3.05) is 19.0 Å². The molecule has 0 aromatic heterocycles. The first-order valence-corrected chi connectivity index (χ1v) is 9.30. The van der Waals surface area contributed by atoms with Gasteiger partial charge in [0.1, 0.15) is 6.07 Å². The first kappa shape index (κ1) is 22.1. The minimum absolute atomic E-state index is 0.118. The molecule has 2 rings (SSSR count). The molecule has 0 spiro atoms. The van der Waals surface area contributed by atoms with Gasteiger partial charge < -0.3 is 19.5 Å². The molecule has 0 aliphatic rings. The van der Waals surface area contributed by atoms with Crippen molar-refractivity contribution < 1.29 is 23.8 Å². The normalized spacial score (nSPS) is 11.1. The molecule has 1 atom stereocenters. The van der Waals surface area contributed by atoms with Crippen LogP contribution >= 0.6 is 11.6 Å². The van der Waals surface area contributed by atoms with Crippen LogP contribution in [0.1, 0.15) is 36.2 Å². The molecule has 0 saturated carbocycles. The van der Waals surface area contributed by atoms with Crippen LogP contribution < -0.4 is 14.8 Å². The minimum Gasteiger partial charge on any atom is -0.493 e. The van der Waals surface area contributed by atoms with E-state index in [0.29, 0.717) is 23.6 Å². The molecule has 2 aromatic carbocycles. The van der Waals surface area contributed by atoms with Crippen molar-refractivity contribution >= 4 is 29.2 Å². The Morgan fingerprint density at radius 2 is 2.00 bits per heavy atom. The second kappa shape index (κ2) is 10.3. The fourth-order valence-corrected chi connectivity index (χ4v) is 2.65. The molecule has 0 fully saturated rings. The Morgan fingerprint density at radius 3 is 2.66 bits per heavy atom. The number of carbonyl (C=O) groups excluding carboxylic acids is 2. The maximum atomic E-state index is 12.5. The zero-order chi connectivity index (χ0) is 21.4. The van der Waals surface area contributed by atoms with Crippen LogP contribution in [-0.4, -0.2) is 31.7 Å². The number of amides is 1. The second-order valence-corrected chi connectivity index (χ2v) is 6.44. The summed E-state index contributed by atoms with van der Waals surface area (Å²) in [5.74, 6) is -0.685. The molecule has 1 N–H and O–H groups in total. The lowest BCUT2D eigenvalue weighted by Gasteiger charge is -2.16. The highest BCUT2D eigenvalue weighted by Crippen LogP contribution is 2.36. The van der Waals surface area contributed by atoms with Gasteiger partial charge in [-0.15, -0.1) is 0 Å². The molecular weight excluding hydrogens is 396 g/mol. The van der Waals surface area contributed by atoms with Crippen molar-refractivity contribution in [3.63, 3.8) is 0 Å². The van der Waals surface area contributed by atoms with Gasteiger partial charge in [-0.2, -0.15) is 5.26 Å². The van der Waals surface area contributed by atoms with Crippen LogP contribution in [0, 0.1) is 11.3 Å². The fourth-order valence-electron chi connectivity index (χ4n) is 2.39. The number of carbonyl (C=O) groups is 2. The number of hydrogen-bond acceptors (Lipinski definition) is 6. The summed E-state index contributed by atoms with van der Waals surface area (Å²) in [5.41, 5.74) is 0.761. The van der Waals surface area contributed by atoms with Gasteiger partial charge in [-0.05, 0) is 37.6 Å². The second-order valence-electron chi connectivity index (χ2n) is 6.03. The molecule has 0 radical (unpaired) electrons. The SMILES string of the molecule is CCCOc1c(Cl)cc(C(=O)OC(C)C(=O)Nc2ccccc2C#N)cc1OC. The summed E-state index contributed by atoms with van der Waals surface area (Å²) in [6.07, 6.45) is -0.319. The Hall–Kier alpha value is -3.24. The van der Waals surface area contributed by atoms with E-state index < -0.39 is 18.0 Å². The van der Waals surface area contributed by atoms with Crippen molar-refractivity contribution in [3.05, 3.63) is 52.5 Å². The maximum absolute atomic E-state index is 12.5. The maximum Gasteiger partial charge on any atom is 0.339 e. The molecule has 0 bridgehead atoms. The largest absolute Gasteiger partial charge is 0.493 e. The molecule has 8 heteroatoms. The van der Waals surface area contributed by atoms with Crippen molar-refractivity contribution in [2.45, 2.75) is 26.4 Å². The number of benzene rings is 2. The Morgan fingerprint density at radius 1 is 1.28 bits per heavy atom. The molecule has 2 aromatic rings. The predicted octanol–water partition coefficient (Wildman–Crippen LogP) is 4.19. The topological polar surface area (TPSA) is 97.6 Å². The Labute approximate surface area is 174 Å². The molecule has 1 amide bonds. The average molecular weight is 417 g/mol. The Balaban J connectivity index is 2.11. The zero-order valence-corrected chi connectivity index (χ0v) is 17.1. The third-order valence-corrected chi connectivity index (χ3v) is 4.15. The summed E-state index contributed by atoms with van der Waals surface area (Å²) in [7, 11) is 1.43. The third-order valence-electron chi connectivity index (χ3n) is 3.87. The van der Waals surface area contributed by atoms with Gasteiger partial charge in [-0.3, -0.25) is 4.79 Å². The van der Waals surface area contributed by atoms with Crippen LogP contribution in [0.2, 0.25) is 5.02 Å². The summed E-state index contributed by atoms with van der Waals surface area (Å²) in [6, 6.07) is 11.3. The number of hydrogen-bond donors (Lipinski definition) is 1. The van der Waals surface area contributed by atoms with Crippen LogP contribution in [-0.2, 0) is 9.53 Å². The summed E-state index contributed by atoms with van der Waals surface area (Å²) in [4.78, 5) is 24.8. The average Bonchev–Trinajstić information content (AvgIpc) is 2.72. The molecule has 29 heavy (non-hydrogen) atoms. The molecule has 0 aliphatic heterocycles. The van der Waals surface area contributed by atoms with Crippen molar-refractivity contribution in [3.8, 4) is 17.6 Å². The monoisotopic (exact) mass is 416 g/mol. The van der Waals surface area contributed by atoms with Gasteiger partial charge in [0.2, 0.25) is 0 Å². The van der Waals surface area contributed by atoms with E-state index in [4.69, 9.17) is 31.1 Å². The van der Waals surface area contributed by atoms with Crippen molar-refractivity contribution in [2.24, 2.45) is 0 Å². The van der Waals surface area contributed by atoms with Gasteiger partial charge in [0.05, 0.1) is 35.6 Å². The van der Waals surface area contributed by atoms with E-state index >= 15 is 0 Å². The summed E-state index contributed by atoms with van der Waals surface area (Å²) < 4.78 is 16.0. The molecule has 0 aliphatic carbocycles. The van der Waals surface area contributed by atoms with E-state index in [-0.39, 0.29) is 16.3 Å². The lowest BCUT2D eigenvalue weighted by Crippen LogP contribution is -2.30. The number of methoxy groups -OCH3 is 1. The smallest absolute Gasteiger partial charge is 0.339 e. The van der Waals surface area contributed by atoms with Crippen LogP contribution in [0.25, 0.3) is 0 Å². The van der Waals surface area contributed by atoms with Crippen molar-refractivity contribution in [1.29, 1.82) is 5.26 Å². The number of nitriles is 1. The first-order valence-electron chi connectivity index (χ1n) is 8.92. The van der Waals surface area contributed by atoms with Crippen LogP contribution in [0.4, 0.5) is 5.69 Å². The highest BCUT2D eigenvalue weighted by Gasteiger charge is 2.22. The molecule has 0 saturated heterocycles. The van der Waals surface area contributed by atoms with E-state index in [0.717, 1.165) is 6.42 Å². The highest BCUT2D eigenvalue weighted by molar-refractivity contribution is 6.32. The summed E-state index contributed by atoms with van der Waals surface area (Å²) in [6.45, 7) is 3.83. The summed E-state index contributed by atoms with van der Waals surface area (Å²) >= 11 is 6.21. The number of para-hydroxylation sites is 1. The number of ether oxygens (including phenoxy) is 3. The van der Waals surface area contributed by atoms with Gasteiger partial charge in [0, 0.05) is 0 Å². The standard InChI is InChI=1S/C21H21ClN2O5/c1-4-9-28-19-16(22)10-15(11-18(19)27-3)21(26)29-13(2)20(25)24-17-8-6-5-7-14(17)12-23/h5-8,10-11,13H,4,9H2,1-3H3,(H,24,25). The molecular formula is C21H21ClN2O5. The Bertz CT molecular complexity index is 939. The van der Waals surface area contributed by atoms with Crippen LogP contribution in [0.5, 0.6) is 11.5 Å². The van der Waals surface area contributed by atoms with E-state index in [9.17, 15) is 9.59 Å². The number of rotatable bonds is 8. The lowest BCUT2D eigenvalue weighted by molar-refractivity contribution is -0.123. The van der Waals surface area contributed by atoms with Crippen molar-refractivity contribution in [1.82, 2.24) is 0 Å².